The maximum Gasteiger partial charge on any atom is 0.109 e. The van der Waals surface area contributed by atoms with Gasteiger partial charge in [0.05, 0.1) is 0 Å². The monoisotopic (exact) mass is 880 g/mol. The summed E-state index contributed by atoms with van der Waals surface area (Å²) in [5, 5.41) is 2.31. The summed E-state index contributed by atoms with van der Waals surface area (Å²) in [5.41, 5.74) is 16.3. The van der Waals surface area contributed by atoms with E-state index in [4.69, 9.17) is 0 Å². The topological polar surface area (TPSA) is 6.48 Å². The van der Waals surface area contributed by atoms with E-state index in [1.807, 2.05) is 22.7 Å². The van der Waals surface area contributed by atoms with Crippen LogP contribution in [0, 0.1) is 0 Å². The van der Waals surface area contributed by atoms with E-state index in [1.165, 1.54) is 65.4 Å². The van der Waals surface area contributed by atoms with Gasteiger partial charge in [0.1, 0.15) is 10.0 Å². The molecule has 11 aromatic rings. The van der Waals surface area contributed by atoms with Crippen LogP contribution in [0.3, 0.4) is 0 Å². The SMILES string of the molecule is c1ccc(-c2sc(N(c3ccccc3)c3ccc(N(c4ccccc4)c4sc(-c5ccccc5)c(-c5ccccc5)c4-c4ccccc4)cc3)c(-c3ccccc3)c2-c2ccccc2)cc1. The number of anilines is 6. The first-order valence-electron chi connectivity index (χ1n) is 22.3. The van der Waals surface area contributed by atoms with Gasteiger partial charge in [-0.15, -0.1) is 22.7 Å². The maximum absolute atomic E-state index is 2.45. The molecule has 0 spiro atoms. The minimum Gasteiger partial charge on any atom is -0.301 e. The van der Waals surface area contributed by atoms with Gasteiger partial charge >= 0.3 is 0 Å². The molecule has 0 aliphatic heterocycles. The van der Waals surface area contributed by atoms with Crippen LogP contribution in [-0.2, 0) is 0 Å². The van der Waals surface area contributed by atoms with Crippen LogP contribution in [-0.4, -0.2) is 0 Å². The van der Waals surface area contributed by atoms with Crippen molar-refractivity contribution >= 4 is 55.4 Å². The summed E-state index contributed by atoms with van der Waals surface area (Å²) in [6.07, 6.45) is 0. The van der Waals surface area contributed by atoms with Crippen LogP contribution in [0.15, 0.2) is 267 Å². The van der Waals surface area contributed by atoms with Crippen molar-refractivity contribution in [3.63, 3.8) is 0 Å². The Labute approximate surface area is 395 Å². The molecule has 0 saturated carbocycles. The smallest absolute Gasteiger partial charge is 0.109 e. The molecule has 0 radical (unpaired) electrons. The molecule has 0 atom stereocenters. The number of rotatable bonds is 12. The van der Waals surface area contributed by atoms with Crippen molar-refractivity contribution in [1.29, 1.82) is 0 Å². The van der Waals surface area contributed by atoms with Crippen molar-refractivity contribution in [3.05, 3.63) is 267 Å². The van der Waals surface area contributed by atoms with Crippen LogP contribution >= 0.6 is 22.7 Å². The molecule has 0 bridgehead atoms. The van der Waals surface area contributed by atoms with E-state index in [-0.39, 0.29) is 0 Å². The summed E-state index contributed by atoms with van der Waals surface area (Å²) in [5.74, 6) is 0. The van der Waals surface area contributed by atoms with Gasteiger partial charge in [0.25, 0.3) is 0 Å². The Morgan fingerprint density at radius 1 is 0.197 bits per heavy atom. The number of hydrogen-bond acceptors (Lipinski definition) is 4. The maximum atomic E-state index is 2.45. The van der Waals surface area contributed by atoms with Gasteiger partial charge < -0.3 is 9.80 Å². The molecule has 4 heteroatoms. The third-order valence-corrected chi connectivity index (χ3v) is 14.4. The molecule has 66 heavy (non-hydrogen) atoms. The predicted molar refractivity (Wildman–Crippen MR) is 284 cm³/mol. The first-order chi connectivity index (χ1) is 32.8. The van der Waals surface area contributed by atoms with Gasteiger partial charge in [0.15, 0.2) is 0 Å². The molecule has 2 aromatic heterocycles. The fourth-order valence-corrected chi connectivity index (χ4v) is 11.7. The number of para-hydroxylation sites is 2. The largest absolute Gasteiger partial charge is 0.301 e. The molecule has 0 amide bonds. The van der Waals surface area contributed by atoms with E-state index < -0.39 is 0 Å². The van der Waals surface area contributed by atoms with E-state index >= 15 is 0 Å². The molecule has 0 aliphatic rings. The zero-order chi connectivity index (χ0) is 44.1. The summed E-state index contributed by atoms with van der Waals surface area (Å²) in [4.78, 5) is 7.37. The van der Waals surface area contributed by atoms with E-state index in [0.29, 0.717) is 0 Å². The molecule has 11 rings (SSSR count). The van der Waals surface area contributed by atoms with Crippen molar-refractivity contribution in [3.8, 4) is 65.4 Å². The Morgan fingerprint density at radius 2 is 0.409 bits per heavy atom. The summed E-state index contributed by atoms with van der Waals surface area (Å²) in [6.45, 7) is 0. The van der Waals surface area contributed by atoms with Crippen molar-refractivity contribution in [1.82, 2.24) is 0 Å². The summed E-state index contributed by atoms with van der Waals surface area (Å²) in [6, 6.07) is 96.0. The van der Waals surface area contributed by atoms with Crippen LogP contribution in [0.2, 0.25) is 0 Å². The first-order valence-corrected chi connectivity index (χ1v) is 23.9. The van der Waals surface area contributed by atoms with Crippen molar-refractivity contribution in [2.75, 3.05) is 9.80 Å². The van der Waals surface area contributed by atoms with Crippen LogP contribution in [0.5, 0.6) is 0 Å². The van der Waals surface area contributed by atoms with Crippen molar-refractivity contribution in [2.45, 2.75) is 0 Å². The number of hydrogen-bond donors (Lipinski definition) is 0. The highest BCUT2D eigenvalue weighted by Gasteiger charge is 2.30. The number of nitrogens with zero attached hydrogens (tertiary/aromatic N) is 2. The van der Waals surface area contributed by atoms with Crippen molar-refractivity contribution < 1.29 is 0 Å². The lowest BCUT2D eigenvalue weighted by molar-refractivity contribution is 1.28. The second-order valence-electron chi connectivity index (χ2n) is 16.0. The highest BCUT2D eigenvalue weighted by Crippen LogP contribution is 2.57. The molecule has 2 heterocycles. The second kappa shape index (κ2) is 18.6. The first kappa shape index (κ1) is 40.7. The summed E-state index contributed by atoms with van der Waals surface area (Å²) in [7, 11) is 0. The zero-order valence-corrected chi connectivity index (χ0v) is 37.7. The highest BCUT2D eigenvalue weighted by atomic mass is 32.1. The van der Waals surface area contributed by atoms with E-state index in [9.17, 15) is 0 Å². The standard InChI is InChI=1S/C62H44N2S2/c1-9-25-45(26-10-1)55-57(47-29-13-3-14-30-47)61(65-59(55)49-33-17-5-18-34-49)63(51-37-21-7-22-38-51)53-41-43-54(44-42-53)64(52-39-23-8-24-40-52)62-58(48-31-15-4-16-32-48)56(46-27-11-2-12-28-46)60(66-62)50-35-19-6-20-36-50/h1-44H. The molecule has 0 unspecified atom stereocenters. The molecular formula is C62H44N2S2. The Kier molecular flexibility index (Phi) is 11.5. The third-order valence-electron chi connectivity index (χ3n) is 11.9. The van der Waals surface area contributed by atoms with Gasteiger partial charge in [0.2, 0.25) is 0 Å². The molecule has 314 valence electrons. The average Bonchev–Trinajstić information content (AvgIpc) is 3.99. The highest BCUT2D eigenvalue weighted by molar-refractivity contribution is 7.21. The lowest BCUT2D eigenvalue weighted by Gasteiger charge is -2.28. The molecule has 0 N–H and O–H groups in total. The second-order valence-corrected chi connectivity index (χ2v) is 18.0. The molecule has 0 fully saturated rings. The van der Waals surface area contributed by atoms with Gasteiger partial charge in [-0.25, -0.2) is 0 Å². The van der Waals surface area contributed by atoms with Gasteiger partial charge in [-0.3, -0.25) is 0 Å². The quantitative estimate of drug-likeness (QED) is 0.121. The van der Waals surface area contributed by atoms with E-state index in [0.717, 1.165) is 32.8 Å². The lowest BCUT2D eigenvalue weighted by atomic mass is 9.93. The Morgan fingerprint density at radius 3 is 0.682 bits per heavy atom. The zero-order valence-electron chi connectivity index (χ0n) is 36.1. The van der Waals surface area contributed by atoms with Crippen LogP contribution in [0.1, 0.15) is 0 Å². The van der Waals surface area contributed by atoms with E-state index in [1.54, 1.807) is 0 Å². The van der Waals surface area contributed by atoms with Crippen LogP contribution in [0.4, 0.5) is 32.8 Å². The summed E-state index contributed by atoms with van der Waals surface area (Å²) < 4.78 is 0. The van der Waals surface area contributed by atoms with Crippen LogP contribution < -0.4 is 9.80 Å². The minimum absolute atomic E-state index is 1.07. The predicted octanol–water partition coefficient (Wildman–Crippen LogP) is 18.8. The summed E-state index contributed by atoms with van der Waals surface area (Å²) >= 11 is 3.70. The Bertz CT molecular complexity index is 3070. The van der Waals surface area contributed by atoms with Crippen LogP contribution in [0.25, 0.3) is 65.4 Å². The van der Waals surface area contributed by atoms with Gasteiger partial charge in [-0.1, -0.05) is 218 Å². The minimum atomic E-state index is 1.07. The average molecular weight is 881 g/mol. The number of thiophene rings is 2. The molecule has 0 saturated heterocycles. The molecule has 0 aliphatic carbocycles. The lowest BCUT2D eigenvalue weighted by Crippen LogP contribution is -2.12. The van der Waals surface area contributed by atoms with Gasteiger partial charge in [0, 0.05) is 54.8 Å². The molecule has 9 aromatic carbocycles. The molecule has 2 nitrogen and oxygen atoms in total. The molecular weight excluding hydrogens is 837 g/mol. The Hall–Kier alpha value is -8.02. The fourth-order valence-electron chi connectivity index (χ4n) is 8.92. The van der Waals surface area contributed by atoms with Gasteiger partial charge in [-0.2, -0.15) is 0 Å². The third kappa shape index (κ3) is 7.94. The Balaban J connectivity index is 1.14. The van der Waals surface area contributed by atoms with E-state index in [2.05, 4.69) is 277 Å². The number of benzene rings is 9. The normalized spacial score (nSPS) is 11.0. The van der Waals surface area contributed by atoms with Crippen molar-refractivity contribution in [2.24, 2.45) is 0 Å². The fraction of sp³-hybridized carbons (Fsp3) is 0. The van der Waals surface area contributed by atoms with Gasteiger partial charge in [-0.05, 0) is 81.9 Å².